The number of carboxylic acids is 1. The van der Waals surface area contributed by atoms with Gasteiger partial charge in [0.15, 0.2) is 5.11 Å². The summed E-state index contributed by atoms with van der Waals surface area (Å²) < 4.78 is 0. The first-order valence-electron chi connectivity index (χ1n) is 6.21. The zero-order chi connectivity index (χ0) is 14.7. The first-order valence-corrected chi connectivity index (χ1v) is 6.61. The van der Waals surface area contributed by atoms with Crippen LogP contribution in [0.3, 0.4) is 0 Å². The lowest BCUT2D eigenvalue weighted by molar-refractivity contribution is -0.122. The van der Waals surface area contributed by atoms with Gasteiger partial charge in [0.1, 0.15) is 5.70 Å². The summed E-state index contributed by atoms with van der Waals surface area (Å²) in [5.74, 6) is -1.13. The number of amides is 1. The van der Waals surface area contributed by atoms with E-state index in [1.165, 1.54) is 17.0 Å². The van der Waals surface area contributed by atoms with Crippen molar-refractivity contribution in [1.29, 1.82) is 0 Å². The summed E-state index contributed by atoms with van der Waals surface area (Å²) in [6.45, 7) is 2.56. The lowest BCUT2D eigenvalue weighted by Crippen LogP contribution is -2.31. The fourth-order valence-corrected chi connectivity index (χ4v) is 2.17. The molecule has 6 heteroatoms. The molecule has 20 heavy (non-hydrogen) atoms. The molecule has 1 heterocycles. The molecule has 2 rings (SSSR count). The van der Waals surface area contributed by atoms with Crippen LogP contribution in [0.2, 0.25) is 0 Å². The number of benzene rings is 1. The van der Waals surface area contributed by atoms with Gasteiger partial charge in [0.05, 0.1) is 5.56 Å². The Morgan fingerprint density at radius 2 is 2.05 bits per heavy atom. The van der Waals surface area contributed by atoms with Crippen LogP contribution in [0.5, 0.6) is 0 Å². The molecule has 0 bridgehead atoms. The smallest absolute Gasteiger partial charge is 0.335 e. The third-order valence-corrected chi connectivity index (χ3v) is 3.20. The molecule has 0 saturated carbocycles. The van der Waals surface area contributed by atoms with Gasteiger partial charge in [-0.15, -0.1) is 0 Å². The fraction of sp³-hybridized carbons (Fsp3) is 0.214. The second-order valence-electron chi connectivity index (χ2n) is 4.37. The van der Waals surface area contributed by atoms with E-state index in [1.54, 1.807) is 18.2 Å². The van der Waals surface area contributed by atoms with Crippen LogP contribution in [0.25, 0.3) is 6.08 Å². The highest BCUT2D eigenvalue weighted by Crippen LogP contribution is 2.15. The maximum absolute atomic E-state index is 12.1. The molecule has 2 N–H and O–H groups in total. The molecule has 0 aliphatic carbocycles. The predicted molar refractivity (Wildman–Crippen MR) is 79.1 cm³/mol. The minimum Gasteiger partial charge on any atom is -0.478 e. The normalized spacial score (nSPS) is 16.6. The summed E-state index contributed by atoms with van der Waals surface area (Å²) in [7, 11) is 0. The monoisotopic (exact) mass is 290 g/mol. The van der Waals surface area contributed by atoms with E-state index in [9.17, 15) is 9.59 Å². The van der Waals surface area contributed by atoms with Gasteiger partial charge < -0.3 is 10.4 Å². The average molecular weight is 290 g/mol. The Hall–Kier alpha value is -2.21. The number of rotatable bonds is 4. The lowest BCUT2D eigenvalue weighted by atomic mass is 10.1. The van der Waals surface area contributed by atoms with Crippen LogP contribution in [0, 0.1) is 0 Å². The minimum absolute atomic E-state index is 0.154. The molecule has 104 valence electrons. The van der Waals surface area contributed by atoms with E-state index in [4.69, 9.17) is 17.3 Å². The Morgan fingerprint density at radius 1 is 1.40 bits per heavy atom. The molecule has 0 unspecified atom stereocenters. The molecule has 5 nitrogen and oxygen atoms in total. The van der Waals surface area contributed by atoms with Crippen LogP contribution >= 0.6 is 12.2 Å². The topological polar surface area (TPSA) is 69.6 Å². The van der Waals surface area contributed by atoms with Crippen molar-refractivity contribution in [3.63, 3.8) is 0 Å². The summed E-state index contributed by atoms with van der Waals surface area (Å²) in [5.41, 5.74) is 1.36. The van der Waals surface area contributed by atoms with Gasteiger partial charge in [-0.3, -0.25) is 9.69 Å². The first kappa shape index (κ1) is 14.2. The molecular weight excluding hydrogens is 276 g/mol. The zero-order valence-corrected chi connectivity index (χ0v) is 11.7. The molecule has 1 saturated heterocycles. The van der Waals surface area contributed by atoms with E-state index in [0.29, 0.717) is 17.4 Å². The Morgan fingerprint density at radius 3 is 2.60 bits per heavy atom. The minimum atomic E-state index is -0.977. The summed E-state index contributed by atoms with van der Waals surface area (Å²) >= 11 is 5.11. The Balaban J connectivity index is 2.21. The first-order chi connectivity index (χ1) is 9.52. The van der Waals surface area contributed by atoms with Gasteiger partial charge in [-0.05, 0) is 42.4 Å². The number of aromatic carboxylic acids is 1. The highest BCUT2D eigenvalue weighted by Gasteiger charge is 2.29. The van der Waals surface area contributed by atoms with Gasteiger partial charge >= 0.3 is 5.97 Å². The molecule has 1 aromatic rings. The SMILES string of the molecule is CCCN1C(=O)/C(=C/c2ccc(C(=O)O)cc2)NC1=S. The van der Waals surface area contributed by atoms with Gasteiger partial charge in [-0.2, -0.15) is 0 Å². The molecule has 1 fully saturated rings. The van der Waals surface area contributed by atoms with Gasteiger partial charge in [0.2, 0.25) is 0 Å². The number of hydrogen-bond acceptors (Lipinski definition) is 3. The van der Waals surface area contributed by atoms with Gasteiger partial charge in [0, 0.05) is 6.54 Å². The van der Waals surface area contributed by atoms with Crippen LogP contribution in [0.4, 0.5) is 0 Å². The van der Waals surface area contributed by atoms with Crippen molar-refractivity contribution in [2.75, 3.05) is 6.54 Å². The molecule has 0 spiro atoms. The Labute approximate surface area is 121 Å². The van der Waals surface area contributed by atoms with Gasteiger partial charge in [-0.1, -0.05) is 19.1 Å². The molecule has 1 aromatic carbocycles. The van der Waals surface area contributed by atoms with E-state index in [2.05, 4.69) is 5.32 Å². The summed E-state index contributed by atoms with van der Waals surface area (Å²) in [4.78, 5) is 24.4. The molecule has 0 atom stereocenters. The van der Waals surface area contributed by atoms with Gasteiger partial charge in [-0.25, -0.2) is 4.79 Å². The van der Waals surface area contributed by atoms with Crippen LogP contribution in [0.15, 0.2) is 30.0 Å². The lowest BCUT2D eigenvalue weighted by Gasteiger charge is -2.11. The van der Waals surface area contributed by atoms with E-state index in [1.807, 2.05) is 6.92 Å². The van der Waals surface area contributed by atoms with Crippen molar-refractivity contribution in [2.45, 2.75) is 13.3 Å². The van der Waals surface area contributed by atoms with Crippen molar-refractivity contribution in [2.24, 2.45) is 0 Å². The van der Waals surface area contributed by atoms with Crippen LogP contribution in [-0.2, 0) is 4.79 Å². The second-order valence-corrected chi connectivity index (χ2v) is 4.76. The van der Waals surface area contributed by atoms with E-state index >= 15 is 0 Å². The highest BCUT2D eigenvalue weighted by atomic mass is 32.1. The van der Waals surface area contributed by atoms with Crippen molar-refractivity contribution >= 4 is 35.3 Å². The van der Waals surface area contributed by atoms with Crippen LogP contribution in [-0.4, -0.2) is 33.5 Å². The summed E-state index contributed by atoms with van der Waals surface area (Å²) in [6, 6.07) is 6.29. The second kappa shape index (κ2) is 5.83. The number of nitrogens with zero attached hydrogens (tertiary/aromatic N) is 1. The van der Waals surface area contributed by atoms with Crippen LogP contribution in [0.1, 0.15) is 29.3 Å². The number of carbonyl (C=O) groups excluding carboxylic acids is 1. The fourth-order valence-electron chi connectivity index (χ4n) is 1.89. The number of hydrogen-bond donors (Lipinski definition) is 2. The summed E-state index contributed by atoms with van der Waals surface area (Å²) in [6.07, 6.45) is 2.49. The van der Waals surface area contributed by atoms with E-state index in [-0.39, 0.29) is 11.5 Å². The Bertz CT molecular complexity index is 593. The quantitative estimate of drug-likeness (QED) is 0.654. The average Bonchev–Trinajstić information content (AvgIpc) is 2.67. The van der Waals surface area contributed by atoms with Crippen LogP contribution < -0.4 is 5.32 Å². The molecule has 1 aliphatic heterocycles. The number of carboxylic acid groups (broad SMARTS) is 1. The van der Waals surface area contributed by atoms with E-state index in [0.717, 1.165) is 12.0 Å². The third kappa shape index (κ3) is 2.85. The maximum atomic E-state index is 12.1. The third-order valence-electron chi connectivity index (χ3n) is 2.88. The molecule has 1 aliphatic rings. The van der Waals surface area contributed by atoms with E-state index < -0.39 is 5.97 Å². The number of thiocarbonyl (C=S) groups is 1. The largest absolute Gasteiger partial charge is 0.478 e. The molecule has 1 amide bonds. The molecular formula is C14H14N2O3S. The number of carbonyl (C=O) groups is 2. The van der Waals surface area contributed by atoms with Crippen molar-refractivity contribution in [3.05, 3.63) is 41.1 Å². The predicted octanol–water partition coefficient (Wildman–Crippen LogP) is 1.85. The van der Waals surface area contributed by atoms with Crippen molar-refractivity contribution in [1.82, 2.24) is 10.2 Å². The molecule has 0 radical (unpaired) electrons. The molecule has 0 aromatic heterocycles. The van der Waals surface area contributed by atoms with Crippen molar-refractivity contribution < 1.29 is 14.7 Å². The standard InChI is InChI=1S/C14H14N2O3S/c1-2-7-16-12(17)11(15-14(16)20)8-9-3-5-10(6-4-9)13(18)19/h3-6,8H,2,7H2,1H3,(H,15,20)(H,18,19)/b11-8-. The maximum Gasteiger partial charge on any atom is 0.335 e. The Kier molecular flexibility index (Phi) is 4.14. The zero-order valence-electron chi connectivity index (χ0n) is 10.9. The number of nitrogens with one attached hydrogen (secondary N) is 1. The highest BCUT2D eigenvalue weighted by molar-refractivity contribution is 7.80. The van der Waals surface area contributed by atoms with Gasteiger partial charge in [0.25, 0.3) is 5.91 Å². The van der Waals surface area contributed by atoms with Crippen molar-refractivity contribution in [3.8, 4) is 0 Å². The summed E-state index contributed by atoms with van der Waals surface area (Å²) in [5, 5.41) is 12.1.